The number of H-pyrrole nitrogens is 2. The number of rotatable bonds is 4. The molecule has 1 aliphatic rings. The minimum Gasteiger partial charge on any atom is -1.00 e. The molecule has 3 rings (SSSR count). The summed E-state index contributed by atoms with van der Waals surface area (Å²) in [6.07, 6.45) is 0. The van der Waals surface area contributed by atoms with Crippen molar-refractivity contribution < 1.29 is 43.3 Å². The third-order valence-electron chi connectivity index (χ3n) is 4.15. The summed E-state index contributed by atoms with van der Waals surface area (Å²) in [5, 5.41) is 5.30. The van der Waals surface area contributed by atoms with Gasteiger partial charge in [0.1, 0.15) is 0 Å². The molecule has 0 spiro atoms. The molecule has 136 valence electrons. The lowest BCUT2D eigenvalue weighted by atomic mass is 10.2. The summed E-state index contributed by atoms with van der Waals surface area (Å²) < 4.78 is 10.4. The maximum absolute atomic E-state index is 11.2. The Morgan fingerprint density at radius 2 is 1.17 bits per heavy atom. The van der Waals surface area contributed by atoms with E-state index < -0.39 is 0 Å². The van der Waals surface area contributed by atoms with E-state index in [2.05, 4.69) is 20.1 Å². The molecule has 1 fully saturated rings. The van der Waals surface area contributed by atoms with Gasteiger partial charge in [-0.2, -0.15) is 0 Å². The van der Waals surface area contributed by atoms with Crippen LogP contribution < -0.4 is 34.0 Å². The first-order chi connectivity index (χ1) is 10.5. The van der Waals surface area contributed by atoms with E-state index in [1.807, 2.05) is 0 Å². The van der Waals surface area contributed by atoms with Crippen LogP contribution in [0, 0.1) is 23.7 Å². The zero-order valence-corrected chi connectivity index (χ0v) is 14.9. The lowest BCUT2D eigenvalue weighted by Crippen LogP contribution is -3.00. The van der Waals surface area contributed by atoms with Crippen molar-refractivity contribution in [3.63, 3.8) is 0 Å². The average molecular weight is 383 g/mol. The zero-order chi connectivity index (χ0) is 15.7. The fourth-order valence-corrected chi connectivity index (χ4v) is 2.54. The van der Waals surface area contributed by atoms with Gasteiger partial charge in [0.15, 0.2) is 9.20 Å². The zero-order valence-electron chi connectivity index (χ0n) is 13.4. The van der Waals surface area contributed by atoms with Gasteiger partial charge in [0.25, 0.3) is 0 Å². The van der Waals surface area contributed by atoms with Gasteiger partial charge in [-0.1, -0.05) is 19.6 Å². The third kappa shape index (κ3) is 4.26. The van der Waals surface area contributed by atoms with Gasteiger partial charge in [-0.05, 0) is 9.81 Å². The van der Waals surface area contributed by atoms with Crippen molar-refractivity contribution in [3.05, 3.63) is 32.6 Å². The molecule has 0 unspecified atom stereocenters. The highest BCUT2D eigenvalue weighted by Crippen LogP contribution is 2.11. The topological polar surface area (TPSA) is 110 Å². The maximum Gasteiger partial charge on any atom is 0.243 e. The molecule has 0 amide bonds. The summed E-state index contributed by atoms with van der Waals surface area (Å²) >= 11 is 0. The normalized spacial score (nSPS) is 15.8. The first kappa shape index (κ1) is 20.4. The summed E-state index contributed by atoms with van der Waals surface area (Å²) in [7, 11) is 0. The molecule has 12 heteroatoms. The van der Waals surface area contributed by atoms with E-state index in [4.69, 9.17) is 9.26 Å². The number of piperazine rings is 1. The minimum absolute atomic E-state index is 0. The molecule has 0 aliphatic carbocycles. The van der Waals surface area contributed by atoms with Crippen LogP contribution in [0.3, 0.4) is 0 Å². The van der Waals surface area contributed by atoms with E-state index in [0.717, 1.165) is 37.6 Å². The third-order valence-corrected chi connectivity index (χ3v) is 4.15. The van der Waals surface area contributed by atoms with Gasteiger partial charge in [0.2, 0.25) is 22.8 Å². The summed E-state index contributed by atoms with van der Waals surface area (Å²) in [5.41, 5.74) is 2.72. The monoisotopic (exact) mass is 382 g/mol. The van der Waals surface area contributed by atoms with Crippen LogP contribution in [0.15, 0.2) is 9.26 Å². The van der Waals surface area contributed by atoms with Gasteiger partial charge in [0, 0.05) is 40.0 Å². The molecular formula is C12H20Cl2N6O4. The second-order valence-electron chi connectivity index (χ2n) is 5.58. The molecular weight excluding hydrogens is 363 g/mol. The Morgan fingerprint density at radius 1 is 0.833 bits per heavy atom. The van der Waals surface area contributed by atoms with Gasteiger partial charge >= 0.3 is 0 Å². The smallest absolute Gasteiger partial charge is 0.243 e. The number of hydrogen-bond acceptors (Lipinski definition) is 6. The highest BCUT2D eigenvalue weighted by atomic mass is 35.5. The van der Waals surface area contributed by atoms with Crippen LogP contribution in [-0.4, -0.2) is 46.3 Å². The number of halogens is 2. The molecule has 2 aromatic rings. The average Bonchev–Trinajstić information content (AvgIpc) is 3.00. The van der Waals surface area contributed by atoms with Gasteiger partial charge < -0.3 is 24.8 Å². The lowest BCUT2D eigenvalue weighted by Gasteiger charge is -2.33. The highest BCUT2D eigenvalue weighted by molar-refractivity contribution is 5.02. The number of aromatic amines is 2. The van der Waals surface area contributed by atoms with Crippen LogP contribution >= 0.6 is 0 Å². The second kappa shape index (κ2) is 8.47. The standard InChI is InChI=1S/C12H20N6O4.2ClH/c1-9-11(13-21-17(9)19)7-15-3-5-16(6-4-15)8-12-10(2)18(20)22-14-12;;/h13-14H,3-8H2,1-2H3;2*1H/q+2;;/p-2. The molecule has 3 heterocycles. The quantitative estimate of drug-likeness (QED) is 0.543. The van der Waals surface area contributed by atoms with E-state index in [1.165, 1.54) is 0 Å². The Morgan fingerprint density at radius 3 is 1.42 bits per heavy atom. The summed E-state index contributed by atoms with van der Waals surface area (Å²) in [6, 6.07) is 0. The molecule has 24 heavy (non-hydrogen) atoms. The van der Waals surface area contributed by atoms with Crippen LogP contribution in [0.5, 0.6) is 0 Å². The number of hydrogen-bond donors (Lipinski definition) is 2. The number of aromatic nitrogens is 4. The van der Waals surface area contributed by atoms with Crippen LogP contribution in [0.25, 0.3) is 0 Å². The van der Waals surface area contributed by atoms with Crippen molar-refractivity contribution in [1.29, 1.82) is 0 Å². The number of nitrogens with one attached hydrogen (secondary N) is 2. The molecule has 0 saturated carbocycles. The van der Waals surface area contributed by atoms with Crippen molar-refractivity contribution in [2.75, 3.05) is 26.2 Å². The Labute approximate surface area is 149 Å². The van der Waals surface area contributed by atoms with Crippen LogP contribution in [0.2, 0.25) is 0 Å². The molecule has 0 aromatic carbocycles. The van der Waals surface area contributed by atoms with Crippen molar-refractivity contribution in [2.45, 2.75) is 26.9 Å². The number of nitrogens with zero attached hydrogens (tertiary/aromatic N) is 4. The molecule has 2 N–H and O–H groups in total. The van der Waals surface area contributed by atoms with E-state index in [-0.39, 0.29) is 24.8 Å². The van der Waals surface area contributed by atoms with E-state index in [1.54, 1.807) is 13.8 Å². The minimum atomic E-state index is 0. The van der Waals surface area contributed by atoms with Crippen molar-refractivity contribution in [1.82, 2.24) is 20.1 Å². The summed E-state index contributed by atoms with van der Waals surface area (Å²) in [6.45, 7) is 8.31. The first-order valence-corrected chi connectivity index (χ1v) is 7.19. The second-order valence-corrected chi connectivity index (χ2v) is 5.58. The first-order valence-electron chi connectivity index (χ1n) is 7.19. The molecule has 0 radical (unpaired) electrons. The molecule has 10 nitrogen and oxygen atoms in total. The van der Waals surface area contributed by atoms with Crippen LogP contribution in [0.4, 0.5) is 0 Å². The highest BCUT2D eigenvalue weighted by Gasteiger charge is 2.24. The van der Waals surface area contributed by atoms with E-state index in [0.29, 0.717) is 33.7 Å². The van der Waals surface area contributed by atoms with Crippen LogP contribution in [0.1, 0.15) is 22.8 Å². The largest absolute Gasteiger partial charge is 1.00 e. The Balaban J connectivity index is 0.00000144. The predicted molar refractivity (Wildman–Crippen MR) is 72.9 cm³/mol. The Kier molecular flexibility index (Phi) is 7.21. The fourth-order valence-electron chi connectivity index (χ4n) is 2.54. The van der Waals surface area contributed by atoms with Gasteiger partial charge in [-0.3, -0.25) is 9.80 Å². The van der Waals surface area contributed by atoms with E-state index >= 15 is 0 Å². The van der Waals surface area contributed by atoms with Crippen LogP contribution in [-0.2, 0) is 13.1 Å². The van der Waals surface area contributed by atoms with Crippen molar-refractivity contribution >= 4 is 0 Å². The van der Waals surface area contributed by atoms with Crippen molar-refractivity contribution in [3.8, 4) is 0 Å². The van der Waals surface area contributed by atoms with Gasteiger partial charge in [-0.25, -0.2) is 0 Å². The molecule has 0 atom stereocenters. The predicted octanol–water partition coefficient (Wildman–Crippen LogP) is -6.70. The molecule has 1 aliphatic heterocycles. The summed E-state index contributed by atoms with van der Waals surface area (Å²) in [5.74, 6) is 0. The lowest BCUT2D eigenvalue weighted by molar-refractivity contribution is -0.718. The molecule has 1 saturated heterocycles. The Hall–Kier alpha value is -1.62. The SMILES string of the molecule is Cc1c(CN2CCN(Cc3[nH]o[n+](=O)c3C)CC2)[nH]o[n+]1=O.[Cl-].[Cl-]. The van der Waals surface area contributed by atoms with E-state index in [9.17, 15) is 9.81 Å². The molecule has 0 bridgehead atoms. The molecule has 2 aromatic heterocycles. The summed E-state index contributed by atoms with van der Waals surface area (Å²) in [4.78, 5) is 27.0. The Bertz CT molecular complexity index is 694. The van der Waals surface area contributed by atoms with Crippen molar-refractivity contribution in [2.24, 2.45) is 0 Å². The van der Waals surface area contributed by atoms with Gasteiger partial charge in [0.05, 0.1) is 13.1 Å². The maximum atomic E-state index is 11.2. The fraction of sp³-hybridized carbons (Fsp3) is 0.667. The van der Waals surface area contributed by atoms with Gasteiger partial charge in [-0.15, -0.1) is 0 Å².